The van der Waals surface area contributed by atoms with Gasteiger partial charge in [0.05, 0.1) is 45.5 Å². The van der Waals surface area contributed by atoms with Gasteiger partial charge in [-0.2, -0.15) is 0 Å². The molecule has 0 saturated carbocycles. The van der Waals surface area contributed by atoms with Gasteiger partial charge in [-0.05, 0) is 71.3 Å². The fraction of sp³-hybridized carbons (Fsp3) is 0.0270. The van der Waals surface area contributed by atoms with E-state index in [1.165, 1.54) is 6.92 Å². The average Bonchev–Trinajstić information content (AvgIpc) is 3.61. The predicted octanol–water partition coefficient (Wildman–Crippen LogP) is 7.49. The van der Waals surface area contributed by atoms with E-state index in [1.807, 2.05) is 0 Å². The van der Waals surface area contributed by atoms with E-state index < -0.39 is 189 Å². The fourth-order valence-electron chi connectivity index (χ4n) is 5.35. The van der Waals surface area contributed by atoms with Crippen LogP contribution in [0.4, 0.5) is 0 Å². The highest BCUT2D eigenvalue weighted by atomic mass is 16.5. The van der Waals surface area contributed by atoms with E-state index in [-0.39, 0.29) is 27.7 Å². The summed E-state index contributed by atoms with van der Waals surface area (Å²) in [6.45, 7) is -0.135. The number of para-hydroxylation sites is 4. The first kappa shape index (κ1) is 10.3. The summed E-state index contributed by atoms with van der Waals surface area (Å²) in [5.41, 5.74) is -3.87. The van der Waals surface area contributed by atoms with Crippen LogP contribution in [0.5, 0.6) is 23.0 Å². The monoisotopic (exact) mass is 546 g/mol. The quantitative estimate of drug-likeness (QED) is 0.210. The standard InChI is InChI=1S/C37H24BNO2/c1-23-18-19-29-34(20-23)41-36-22-24(21-35-37(36)38(29)28-13-5-9-17-33(28)40-35)25-10-2-6-14-30(25)39-31-15-7-3-11-26(31)27-12-4-8-16-32(27)39/h2-22H,1H3/i2D,3D,4D,5D,6D,7D,8D,9D,10D,11D,12D,13D,14D,15D,16D,17D,18D,19D,20D,21D,22D. The molecule has 6 aromatic carbocycles. The van der Waals surface area contributed by atoms with E-state index in [2.05, 4.69) is 0 Å². The maximum atomic E-state index is 9.72. The second-order valence-electron chi connectivity index (χ2n) is 9.33. The number of hydrogen-bond acceptors (Lipinski definition) is 2. The molecule has 4 heteroatoms. The minimum Gasteiger partial charge on any atom is -0.458 e. The molecular weight excluding hydrogens is 501 g/mol. The lowest BCUT2D eigenvalue weighted by Gasteiger charge is -2.33. The van der Waals surface area contributed by atoms with Gasteiger partial charge in [0.1, 0.15) is 23.0 Å². The molecule has 9 rings (SSSR count). The van der Waals surface area contributed by atoms with E-state index in [0.717, 1.165) is 4.57 Å². The molecule has 0 unspecified atom stereocenters. The highest BCUT2D eigenvalue weighted by Gasteiger charge is 2.40. The van der Waals surface area contributed by atoms with Crippen molar-refractivity contribution in [2.75, 3.05) is 0 Å². The van der Waals surface area contributed by atoms with Crippen molar-refractivity contribution in [3.8, 4) is 39.8 Å². The number of ether oxygens (including phenoxy) is 2. The Bertz CT molecular complexity index is 3170. The molecule has 0 N–H and O–H groups in total. The van der Waals surface area contributed by atoms with Gasteiger partial charge in [0.2, 0.25) is 0 Å². The second-order valence-corrected chi connectivity index (χ2v) is 9.33. The van der Waals surface area contributed by atoms with Gasteiger partial charge in [-0.15, -0.1) is 0 Å². The van der Waals surface area contributed by atoms with Crippen molar-refractivity contribution in [1.29, 1.82) is 0 Å². The summed E-state index contributed by atoms with van der Waals surface area (Å²) < 4.78 is 200. The zero-order valence-electron chi connectivity index (χ0n) is 41.8. The van der Waals surface area contributed by atoms with Crippen LogP contribution < -0.4 is 25.9 Å². The lowest BCUT2D eigenvalue weighted by molar-refractivity contribution is 0.464. The maximum Gasteiger partial charge on any atom is 0.260 e. The Morgan fingerprint density at radius 3 is 1.98 bits per heavy atom. The number of nitrogens with zero attached hydrogens (tertiary/aromatic N) is 1. The van der Waals surface area contributed by atoms with E-state index in [4.69, 9.17) is 32.8 Å². The molecule has 0 amide bonds. The summed E-state index contributed by atoms with van der Waals surface area (Å²) in [4.78, 5) is 0. The van der Waals surface area contributed by atoms with E-state index >= 15 is 0 Å². The Balaban J connectivity index is 1.52. The van der Waals surface area contributed by atoms with Crippen LogP contribution in [0.25, 0.3) is 38.6 Å². The molecule has 3 nitrogen and oxygen atoms in total. The molecule has 2 aliphatic heterocycles. The van der Waals surface area contributed by atoms with Crippen LogP contribution in [0, 0.1) is 6.92 Å². The Kier molecular flexibility index (Phi) is 2.11. The first-order valence-corrected chi connectivity index (χ1v) is 12.4. The lowest BCUT2D eigenvalue weighted by atomic mass is 9.35. The number of aromatic nitrogens is 1. The Labute approximate surface area is 267 Å². The third-order valence-corrected chi connectivity index (χ3v) is 7.03. The SMILES string of the molecule is [2H]c1c([2H])c([2H])c2c(c1[2H])Oc1c([2H])c(-c3c([2H])c([2H])c([2H])c([2H])c3-n3c4c([2H])c([2H])c([2H])c([2H])c4c4c([2H])c([2H])c([2H])c([2H])c43)c([2H])c3c1B2c1c([2H])c([2H])c(C)c([2H])c1O3. The molecule has 0 saturated heterocycles. The topological polar surface area (TPSA) is 23.4 Å². The Morgan fingerprint density at radius 1 is 0.585 bits per heavy atom. The van der Waals surface area contributed by atoms with Crippen LogP contribution in [0.2, 0.25) is 0 Å². The minimum absolute atomic E-state index is 0.0246. The second kappa shape index (κ2) is 8.39. The largest absolute Gasteiger partial charge is 0.458 e. The summed E-state index contributed by atoms with van der Waals surface area (Å²) >= 11 is 0. The molecule has 3 heterocycles. The Hall–Kier alpha value is -5.22. The summed E-state index contributed by atoms with van der Waals surface area (Å²) in [5.74, 6) is -1.97. The van der Waals surface area contributed by atoms with Crippen molar-refractivity contribution in [2.24, 2.45) is 0 Å². The molecule has 2 aliphatic rings. The molecule has 192 valence electrons. The summed E-state index contributed by atoms with van der Waals surface area (Å²) in [6.07, 6.45) is 0. The molecule has 0 atom stereocenters. The van der Waals surface area contributed by atoms with Gasteiger partial charge >= 0.3 is 0 Å². The zero-order chi connectivity index (χ0) is 45.4. The number of rotatable bonds is 2. The Morgan fingerprint density at radius 2 is 1.20 bits per heavy atom. The van der Waals surface area contributed by atoms with Gasteiger partial charge in [-0.25, -0.2) is 0 Å². The average molecular weight is 547 g/mol. The first-order chi connectivity index (χ1) is 29.0. The van der Waals surface area contributed by atoms with Gasteiger partial charge in [0, 0.05) is 21.8 Å². The lowest BCUT2D eigenvalue weighted by Crippen LogP contribution is -2.57. The van der Waals surface area contributed by atoms with Gasteiger partial charge < -0.3 is 14.0 Å². The van der Waals surface area contributed by atoms with Crippen molar-refractivity contribution in [1.82, 2.24) is 4.57 Å². The van der Waals surface area contributed by atoms with Gasteiger partial charge in [-0.3, -0.25) is 0 Å². The number of benzene rings is 6. The molecule has 0 fully saturated rings. The van der Waals surface area contributed by atoms with Crippen LogP contribution in [0.1, 0.15) is 34.3 Å². The van der Waals surface area contributed by atoms with Gasteiger partial charge in [-0.1, -0.05) is 84.6 Å². The van der Waals surface area contributed by atoms with Gasteiger partial charge in [0.25, 0.3) is 6.71 Å². The smallest absolute Gasteiger partial charge is 0.260 e. The van der Waals surface area contributed by atoms with Crippen molar-refractivity contribution >= 4 is 44.9 Å². The zero-order valence-corrected chi connectivity index (χ0v) is 20.8. The normalized spacial score (nSPS) is 20.0. The van der Waals surface area contributed by atoms with Crippen molar-refractivity contribution in [2.45, 2.75) is 6.92 Å². The molecule has 0 radical (unpaired) electrons. The summed E-state index contributed by atoms with van der Waals surface area (Å²) in [7, 11) is 0. The maximum absolute atomic E-state index is 9.72. The molecule has 1 aromatic heterocycles. The third-order valence-electron chi connectivity index (χ3n) is 7.03. The number of hydrogen-bond donors (Lipinski definition) is 0. The van der Waals surface area contributed by atoms with E-state index in [1.54, 1.807) is 0 Å². The highest BCUT2D eigenvalue weighted by molar-refractivity contribution is 6.98. The van der Waals surface area contributed by atoms with Crippen LogP contribution in [0.3, 0.4) is 0 Å². The molecule has 7 aromatic rings. The molecule has 0 aliphatic carbocycles. The molecule has 0 spiro atoms. The predicted molar refractivity (Wildman–Crippen MR) is 169 cm³/mol. The van der Waals surface area contributed by atoms with Crippen molar-refractivity contribution < 1.29 is 38.3 Å². The van der Waals surface area contributed by atoms with Crippen LogP contribution >= 0.6 is 0 Å². The van der Waals surface area contributed by atoms with Crippen LogP contribution in [-0.4, -0.2) is 11.3 Å². The van der Waals surface area contributed by atoms with Crippen molar-refractivity contribution in [3.05, 3.63) is 132 Å². The van der Waals surface area contributed by atoms with Crippen LogP contribution in [-0.2, 0) is 0 Å². The third kappa shape index (κ3) is 3.22. The highest BCUT2D eigenvalue weighted by Crippen LogP contribution is 2.41. The van der Waals surface area contributed by atoms with E-state index in [9.17, 15) is 5.48 Å². The fourth-order valence-corrected chi connectivity index (χ4v) is 5.35. The van der Waals surface area contributed by atoms with Gasteiger partial charge in [0.15, 0.2) is 0 Å². The van der Waals surface area contributed by atoms with Crippen molar-refractivity contribution in [3.63, 3.8) is 0 Å². The molecular formula is C37H24BNO2. The molecule has 41 heavy (non-hydrogen) atoms. The van der Waals surface area contributed by atoms with E-state index in [0.29, 0.717) is 0 Å². The summed E-state index contributed by atoms with van der Waals surface area (Å²) in [5, 5.41) is -0.853. The summed E-state index contributed by atoms with van der Waals surface area (Å²) in [6, 6.07) is -15.7. The number of fused-ring (bicyclic) bond motifs is 7. The first-order valence-electron chi connectivity index (χ1n) is 22.9. The molecule has 0 bridgehead atoms. The minimum atomic E-state index is -1.51. The van der Waals surface area contributed by atoms with Crippen LogP contribution in [0.15, 0.2) is 127 Å².